The van der Waals surface area contributed by atoms with E-state index in [1.807, 2.05) is 24.3 Å². The predicted octanol–water partition coefficient (Wildman–Crippen LogP) is 3.93. The summed E-state index contributed by atoms with van der Waals surface area (Å²) in [5.74, 6) is 1.45. The second-order valence-electron chi connectivity index (χ2n) is 7.07. The highest BCUT2D eigenvalue weighted by Gasteiger charge is 2.25. The third-order valence-electron chi connectivity index (χ3n) is 4.58. The van der Waals surface area contributed by atoms with Crippen LogP contribution in [0.4, 0.5) is 0 Å². The van der Waals surface area contributed by atoms with Gasteiger partial charge in [-0.15, -0.1) is 11.3 Å². The number of thiophene rings is 1. The molecule has 2 heterocycles. The summed E-state index contributed by atoms with van der Waals surface area (Å²) in [5, 5.41) is 5.30. The molecule has 3 atom stereocenters. The van der Waals surface area contributed by atoms with Crippen LogP contribution in [-0.4, -0.2) is 30.4 Å². The van der Waals surface area contributed by atoms with Crippen LogP contribution in [0.3, 0.4) is 0 Å². The number of hydrogen-bond acceptors (Lipinski definition) is 3. The van der Waals surface area contributed by atoms with Crippen LogP contribution in [0.25, 0.3) is 0 Å². The monoisotopic (exact) mass is 342 g/mol. The minimum absolute atomic E-state index is 0.0571. The number of amides is 1. The highest BCUT2D eigenvalue weighted by Crippen LogP contribution is 2.26. The lowest BCUT2D eigenvalue weighted by Crippen LogP contribution is -2.45. The highest BCUT2D eigenvalue weighted by molar-refractivity contribution is 7.10. The van der Waals surface area contributed by atoms with E-state index >= 15 is 0 Å². The standard InChI is InChI=1S/C20H26N2OS/c1-15-11-16(2)13-22(12-15)14-19(23)21-20(18-9-6-10-24-18)17-7-4-3-5-8-17/h3-10,15-16,20H,11-14H2,1-2H3,(H,21,23)/t15-,16-,20-/m0/s1. The number of carbonyl (C=O) groups is 1. The lowest BCUT2D eigenvalue weighted by atomic mass is 9.92. The predicted molar refractivity (Wildman–Crippen MR) is 100 cm³/mol. The molecule has 1 fully saturated rings. The Labute approximate surface area is 148 Å². The zero-order chi connectivity index (χ0) is 16.9. The van der Waals surface area contributed by atoms with Gasteiger partial charge in [0, 0.05) is 18.0 Å². The van der Waals surface area contributed by atoms with E-state index in [1.54, 1.807) is 11.3 Å². The summed E-state index contributed by atoms with van der Waals surface area (Å²) in [7, 11) is 0. The third kappa shape index (κ3) is 4.46. The summed E-state index contributed by atoms with van der Waals surface area (Å²) in [6, 6.07) is 14.3. The van der Waals surface area contributed by atoms with Gasteiger partial charge in [-0.25, -0.2) is 0 Å². The molecular weight excluding hydrogens is 316 g/mol. The first-order valence-electron chi connectivity index (χ1n) is 8.72. The van der Waals surface area contributed by atoms with Gasteiger partial charge >= 0.3 is 0 Å². The van der Waals surface area contributed by atoms with Crippen LogP contribution in [0.5, 0.6) is 0 Å². The molecule has 4 heteroatoms. The molecule has 1 aromatic carbocycles. The Morgan fingerprint density at radius 1 is 1.17 bits per heavy atom. The number of nitrogens with one attached hydrogen (secondary N) is 1. The van der Waals surface area contributed by atoms with Crippen molar-refractivity contribution in [2.24, 2.45) is 11.8 Å². The Morgan fingerprint density at radius 3 is 2.50 bits per heavy atom. The molecule has 1 saturated heterocycles. The average Bonchev–Trinajstić information content (AvgIpc) is 3.06. The van der Waals surface area contributed by atoms with Gasteiger partial charge in [-0.05, 0) is 35.3 Å². The summed E-state index contributed by atoms with van der Waals surface area (Å²) in [6.07, 6.45) is 1.26. The zero-order valence-corrected chi connectivity index (χ0v) is 15.3. The molecule has 0 unspecified atom stereocenters. The molecule has 1 aliphatic heterocycles. The van der Waals surface area contributed by atoms with E-state index in [9.17, 15) is 4.79 Å². The van der Waals surface area contributed by atoms with Gasteiger partial charge in [-0.3, -0.25) is 9.69 Å². The van der Waals surface area contributed by atoms with Crippen molar-refractivity contribution in [1.29, 1.82) is 0 Å². The van der Waals surface area contributed by atoms with Gasteiger partial charge in [0.2, 0.25) is 5.91 Å². The van der Waals surface area contributed by atoms with Crippen molar-refractivity contribution in [3.63, 3.8) is 0 Å². The maximum Gasteiger partial charge on any atom is 0.234 e. The highest BCUT2D eigenvalue weighted by atomic mass is 32.1. The fourth-order valence-corrected chi connectivity index (χ4v) is 4.55. The smallest absolute Gasteiger partial charge is 0.234 e. The van der Waals surface area contributed by atoms with Crippen LogP contribution in [0.15, 0.2) is 47.8 Å². The Kier molecular flexibility index (Phi) is 5.69. The van der Waals surface area contributed by atoms with E-state index in [-0.39, 0.29) is 11.9 Å². The fourth-order valence-electron chi connectivity index (χ4n) is 3.75. The number of piperidine rings is 1. The van der Waals surface area contributed by atoms with Crippen LogP contribution in [-0.2, 0) is 4.79 Å². The normalized spacial score (nSPS) is 22.9. The van der Waals surface area contributed by atoms with Crippen molar-refractivity contribution in [2.75, 3.05) is 19.6 Å². The van der Waals surface area contributed by atoms with Gasteiger partial charge in [0.15, 0.2) is 0 Å². The van der Waals surface area contributed by atoms with Gasteiger partial charge in [0.25, 0.3) is 0 Å². The maximum atomic E-state index is 12.7. The lowest BCUT2D eigenvalue weighted by Gasteiger charge is -2.34. The number of likely N-dealkylation sites (tertiary alicyclic amines) is 1. The molecule has 1 aliphatic rings. The van der Waals surface area contributed by atoms with Gasteiger partial charge in [-0.2, -0.15) is 0 Å². The SMILES string of the molecule is C[C@H]1C[C@H](C)CN(CC(=O)N[C@@H](c2ccccc2)c2cccs2)C1. The lowest BCUT2D eigenvalue weighted by molar-refractivity contribution is -0.123. The van der Waals surface area contributed by atoms with Crippen molar-refractivity contribution in [3.05, 3.63) is 58.3 Å². The van der Waals surface area contributed by atoms with Gasteiger partial charge in [0.1, 0.15) is 0 Å². The van der Waals surface area contributed by atoms with Crippen molar-refractivity contribution in [2.45, 2.75) is 26.3 Å². The minimum Gasteiger partial charge on any atom is -0.343 e. The second-order valence-corrected chi connectivity index (χ2v) is 8.05. The number of hydrogen-bond donors (Lipinski definition) is 1. The van der Waals surface area contributed by atoms with Crippen LogP contribution < -0.4 is 5.32 Å². The van der Waals surface area contributed by atoms with Crippen molar-refractivity contribution in [1.82, 2.24) is 10.2 Å². The number of benzene rings is 1. The average molecular weight is 343 g/mol. The molecule has 0 radical (unpaired) electrons. The van der Waals surface area contributed by atoms with Gasteiger partial charge in [0.05, 0.1) is 12.6 Å². The molecule has 128 valence electrons. The van der Waals surface area contributed by atoms with E-state index in [2.05, 4.69) is 47.6 Å². The summed E-state index contributed by atoms with van der Waals surface area (Å²) < 4.78 is 0. The molecule has 3 rings (SSSR count). The Morgan fingerprint density at radius 2 is 1.88 bits per heavy atom. The van der Waals surface area contributed by atoms with E-state index in [0.29, 0.717) is 18.4 Å². The number of carbonyl (C=O) groups excluding carboxylic acids is 1. The fraction of sp³-hybridized carbons (Fsp3) is 0.450. The molecule has 1 amide bonds. The Balaban J connectivity index is 1.68. The maximum absolute atomic E-state index is 12.7. The molecule has 0 aliphatic carbocycles. The largest absolute Gasteiger partial charge is 0.343 e. The van der Waals surface area contributed by atoms with Crippen molar-refractivity contribution >= 4 is 17.2 Å². The first-order chi connectivity index (χ1) is 11.6. The van der Waals surface area contributed by atoms with E-state index in [1.165, 1.54) is 11.3 Å². The molecule has 1 N–H and O–H groups in total. The molecule has 1 aromatic heterocycles. The zero-order valence-electron chi connectivity index (χ0n) is 14.4. The minimum atomic E-state index is -0.0571. The van der Waals surface area contributed by atoms with E-state index < -0.39 is 0 Å². The van der Waals surface area contributed by atoms with Crippen LogP contribution >= 0.6 is 11.3 Å². The summed E-state index contributed by atoms with van der Waals surface area (Å²) in [4.78, 5) is 16.1. The molecule has 0 bridgehead atoms. The molecule has 24 heavy (non-hydrogen) atoms. The van der Waals surface area contributed by atoms with E-state index in [0.717, 1.165) is 18.7 Å². The van der Waals surface area contributed by atoms with Gasteiger partial charge < -0.3 is 5.32 Å². The van der Waals surface area contributed by atoms with Crippen molar-refractivity contribution in [3.8, 4) is 0 Å². The van der Waals surface area contributed by atoms with Crippen LogP contribution in [0.2, 0.25) is 0 Å². The van der Waals surface area contributed by atoms with E-state index in [4.69, 9.17) is 0 Å². The Bertz CT molecular complexity index is 631. The molecular formula is C20H26N2OS. The summed E-state index contributed by atoms with van der Waals surface area (Å²) in [5.41, 5.74) is 1.13. The Hall–Kier alpha value is -1.65. The number of nitrogens with zero attached hydrogens (tertiary/aromatic N) is 1. The van der Waals surface area contributed by atoms with Crippen molar-refractivity contribution < 1.29 is 4.79 Å². The molecule has 0 spiro atoms. The first-order valence-corrected chi connectivity index (χ1v) is 9.60. The second kappa shape index (κ2) is 7.95. The first kappa shape index (κ1) is 17.2. The summed E-state index contributed by atoms with van der Waals surface area (Å²) >= 11 is 1.69. The van der Waals surface area contributed by atoms with Gasteiger partial charge in [-0.1, -0.05) is 50.2 Å². The molecule has 0 saturated carbocycles. The summed E-state index contributed by atoms with van der Waals surface area (Å²) in [6.45, 7) is 7.08. The topological polar surface area (TPSA) is 32.3 Å². The third-order valence-corrected chi connectivity index (χ3v) is 5.51. The molecule has 3 nitrogen and oxygen atoms in total. The molecule has 2 aromatic rings. The number of rotatable bonds is 5. The quantitative estimate of drug-likeness (QED) is 0.893. The van der Waals surface area contributed by atoms with Crippen LogP contribution in [0.1, 0.15) is 36.8 Å². The van der Waals surface area contributed by atoms with Crippen LogP contribution in [0, 0.1) is 11.8 Å².